The fourth-order valence-corrected chi connectivity index (χ4v) is 4.45. The minimum Gasteiger partial charge on any atom is -0.381 e. The highest BCUT2D eigenvalue weighted by molar-refractivity contribution is 6.13. The third-order valence-corrected chi connectivity index (χ3v) is 6.27. The Hall–Kier alpha value is -3.21. The van der Waals surface area contributed by atoms with Crippen LogP contribution in [0.15, 0.2) is 11.4 Å². The van der Waals surface area contributed by atoms with Crippen LogP contribution in [0.5, 0.6) is 0 Å². The molecule has 0 saturated carbocycles. The van der Waals surface area contributed by atoms with Gasteiger partial charge in [-0.2, -0.15) is 5.10 Å². The Labute approximate surface area is 192 Å². The number of hydrogen-bond acceptors (Lipinski definition) is 8. The van der Waals surface area contributed by atoms with Gasteiger partial charge >= 0.3 is 0 Å². The zero-order chi connectivity index (χ0) is 23.6. The first-order chi connectivity index (χ1) is 15.9. The lowest BCUT2D eigenvalue weighted by Crippen LogP contribution is -2.48. The number of amides is 2. The number of likely N-dealkylation sites (N-methyl/N-ethyl adjacent to an activating group) is 1. The van der Waals surface area contributed by atoms with Gasteiger partial charge in [0.2, 0.25) is 11.5 Å². The van der Waals surface area contributed by atoms with E-state index in [-0.39, 0.29) is 24.8 Å². The van der Waals surface area contributed by atoms with E-state index in [1.165, 1.54) is 14.1 Å². The van der Waals surface area contributed by atoms with Crippen LogP contribution in [0.25, 0.3) is 11.0 Å². The second kappa shape index (κ2) is 9.34. The molecule has 3 N–H and O–H groups in total. The van der Waals surface area contributed by atoms with Crippen LogP contribution in [0.4, 0.5) is 5.69 Å². The summed E-state index contributed by atoms with van der Waals surface area (Å²) < 4.78 is 7.39. The molecule has 0 bridgehead atoms. The Kier molecular flexibility index (Phi) is 6.50. The van der Waals surface area contributed by atoms with Crippen molar-refractivity contribution >= 4 is 34.2 Å². The molecule has 11 heteroatoms. The molecule has 1 atom stereocenters. The van der Waals surface area contributed by atoms with Gasteiger partial charge in [-0.25, -0.2) is 9.67 Å². The summed E-state index contributed by atoms with van der Waals surface area (Å²) in [6.07, 6.45) is 3.52. The molecule has 0 spiro atoms. The van der Waals surface area contributed by atoms with E-state index in [0.29, 0.717) is 25.5 Å². The zero-order valence-corrected chi connectivity index (χ0v) is 19.5. The monoisotopic (exact) mass is 457 g/mol. The molecule has 2 amide bonds. The van der Waals surface area contributed by atoms with Crippen LogP contribution in [-0.4, -0.2) is 71.2 Å². The van der Waals surface area contributed by atoms with E-state index in [0.717, 1.165) is 40.8 Å². The molecule has 2 aliphatic heterocycles. The molecule has 1 saturated heterocycles. The summed E-state index contributed by atoms with van der Waals surface area (Å²) in [4.78, 5) is 35.2. The van der Waals surface area contributed by atoms with Crippen LogP contribution < -0.4 is 16.0 Å². The second-order valence-electron chi connectivity index (χ2n) is 8.41. The number of anilines is 1. The van der Waals surface area contributed by atoms with E-state index < -0.39 is 11.5 Å². The topological polar surface area (TPSA) is 132 Å². The summed E-state index contributed by atoms with van der Waals surface area (Å²) >= 11 is 0. The molecule has 0 aliphatic carbocycles. The van der Waals surface area contributed by atoms with Crippen molar-refractivity contribution in [3.05, 3.63) is 17.5 Å². The number of aromatic nitrogens is 3. The fourth-order valence-electron chi connectivity index (χ4n) is 4.45. The number of fused-ring (bicyclic) bond motifs is 1. The van der Waals surface area contributed by atoms with Crippen molar-refractivity contribution in [3.63, 3.8) is 0 Å². The lowest BCUT2D eigenvalue weighted by Gasteiger charge is -2.26. The summed E-state index contributed by atoms with van der Waals surface area (Å²) in [7, 11) is 3.04. The Morgan fingerprint density at radius 2 is 2.00 bits per heavy atom. The Balaban J connectivity index is 1.76. The van der Waals surface area contributed by atoms with Gasteiger partial charge in [-0.1, -0.05) is 5.16 Å². The fraction of sp³-hybridized carbons (Fsp3) is 0.591. The van der Waals surface area contributed by atoms with Crippen LogP contribution in [0.2, 0.25) is 0 Å². The third-order valence-electron chi connectivity index (χ3n) is 6.27. The molecular weight excluding hydrogens is 426 g/mol. The van der Waals surface area contributed by atoms with Gasteiger partial charge in [-0.3, -0.25) is 9.59 Å². The first kappa shape index (κ1) is 23.0. The smallest absolute Gasteiger partial charge is 0.267 e. The van der Waals surface area contributed by atoms with E-state index >= 15 is 0 Å². The number of nitrogens with one attached hydrogen (secondary N) is 3. The van der Waals surface area contributed by atoms with Gasteiger partial charge in [0.15, 0.2) is 5.65 Å². The van der Waals surface area contributed by atoms with Gasteiger partial charge in [0.05, 0.1) is 28.9 Å². The summed E-state index contributed by atoms with van der Waals surface area (Å²) in [5.74, 6) is -0.697. The number of carbonyl (C=O) groups excluding carboxylic acids is 2. The number of aryl methyl sites for hydroxylation is 2. The maximum atomic E-state index is 12.7. The van der Waals surface area contributed by atoms with Crippen molar-refractivity contribution in [2.24, 2.45) is 5.16 Å². The summed E-state index contributed by atoms with van der Waals surface area (Å²) in [6, 6.07) is 0.227. The van der Waals surface area contributed by atoms with E-state index in [9.17, 15) is 9.59 Å². The quantitative estimate of drug-likeness (QED) is 0.567. The molecule has 0 aromatic carbocycles. The predicted molar refractivity (Wildman–Crippen MR) is 123 cm³/mol. The minimum atomic E-state index is -1.41. The maximum absolute atomic E-state index is 12.7. The number of ether oxygens (including phenoxy) is 1. The number of rotatable bonds is 7. The average Bonchev–Trinajstić information content (AvgIpc) is 3.41. The van der Waals surface area contributed by atoms with Crippen molar-refractivity contribution < 1.29 is 19.2 Å². The van der Waals surface area contributed by atoms with Gasteiger partial charge in [0.25, 0.3) is 5.91 Å². The van der Waals surface area contributed by atoms with Crippen LogP contribution in [0.3, 0.4) is 0 Å². The SMILES string of the molecule is CCn1nc(C)c2c(NC3CCOCC3)c(C3=NOC(CC(=O)NC)(C(=O)NC)C3)cnc21. The predicted octanol–water partition coefficient (Wildman–Crippen LogP) is 1.10. The highest BCUT2D eigenvalue weighted by Crippen LogP contribution is 2.36. The van der Waals surface area contributed by atoms with Crippen LogP contribution in [0, 0.1) is 6.92 Å². The summed E-state index contributed by atoms with van der Waals surface area (Å²) in [6.45, 7) is 6.08. The van der Waals surface area contributed by atoms with Crippen molar-refractivity contribution in [3.8, 4) is 0 Å². The van der Waals surface area contributed by atoms with Gasteiger partial charge in [0.1, 0.15) is 0 Å². The normalized spacial score (nSPS) is 20.9. The highest BCUT2D eigenvalue weighted by Gasteiger charge is 2.48. The van der Waals surface area contributed by atoms with Gasteiger partial charge in [-0.05, 0) is 26.7 Å². The molecule has 2 aliphatic rings. The maximum Gasteiger partial charge on any atom is 0.267 e. The Morgan fingerprint density at radius 1 is 1.24 bits per heavy atom. The first-order valence-corrected chi connectivity index (χ1v) is 11.3. The molecular formula is C22H31N7O4. The van der Waals surface area contributed by atoms with Crippen LogP contribution in [-0.2, 0) is 25.7 Å². The van der Waals surface area contributed by atoms with Gasteiger partial charge in [-0.15, -0.1) is 0 Å². The van der Waals surface area contributed by atoms with Crippen molar-refractivity contribution in [1.29, 1.82) is 0 Å². The zero-order valence-electron chi connectivity index (χ0n) is 19.5. The molecule has 0 radical (unpaired) electrons. The molecule has 2 aromatic rings. The number of oxime groups is 1. The molecule has 178 valence electrons. The molecule has 1 fully saturated rings. The Morgan fingerprint density at radius 3 is 2.67 bits per heavy atom. The Bertz CT molecular complexity index is 1090. The number of carbonyl (C=O) groups is 2. The number of nitrogens with zero attached hydrogens (tertiary/aromatic N) is 4. The van der Waals surface area contributed by atoms with E-state index in [4.69, 9.17) is 9.57 Å². The highest BCUT2D eigenvalue weighted by atomic mass is 16.7. The minimum absolute atomic E-state index is 0.138. The van der Waals surface area contributed by atoms with Crippen LogP contribution in [0.1, 0.15) is 43.9 Å². The van der Waals surface area contributed by atoms with E-state index in [1.807, 2.05) is 18.5 Å². The standard InChI is InChI=1S/C22H31N7O4/c1-5-29-20-18(13(2)27-29)19(26-14-6-8-32-9-7-14)15(12-25-20)16-10-22(33-28-16,21(31)24-4)11-17(30)23-3/h12,14H,5-11H2,1-4H3,(H,23,30)(H,24,31)(H,25,26). The molecule has 2 aromatic heterocycles. The lowest BCUT2D eigenvalue weighted by molar-refractivity contribution is -0.149. The number of hydrogen-bond donors (Lipinski definition) is 3. The summed E-state index contributed by atoms with van der Waals surface area (Å²) in [5, 5.41) is 18.7. The molecule has 1 unspecified atom stereocenters. The first-order valence-electron chi connectivity index (χ1n) is 11.3. The average molecular weight is 458 g/mol. The van der Waals surface area contributed by atoms with E-state index in [2.05, 4.69) is 31.2 Å². The largest absolute Gasteiger partial charge is 0.381 e. The van der Waals surface area contributed by atoms with Crippen LogP contribution >= 0.6 is 0 Å². The molecule has 33 heavy (non-hydrogen) atoms. The number of pyridine rings is 1. The van der Waals surface area contributed by atoms with E-state index in [1.54, 1.807) is 6.20 Å². The van der Waals surface area contributed by atoms with Gasteiger partial charge < -0.3 is 25.5 Å². The summed E-state index contributed by atoms with van der Waals surface area (Å²) in [5.41, 5.74) is 2.43. The van der Waals surface area contributed by atoms with Gasteiger partial charge in [0, 0.05) is 58.1 Å². The molecule has 11 nitrogen and oxygen atoms in total. The molecule has 4 rings (SSSR count). The van der Waals surface area contributed by atoms with Crippen molar-refractivity contribution in [2.75, 3.05) is 32.6 Å². The lowest BCUT2D eigenvalue weighted by atomic mass is 9.89. The van der Waals surface area contributed by atoms with Crippen molar-refractivity contribution in [1.82, 2.24) is 25.4 Å². The molecule has 4 heterocycles. The third kappa shape index (κ3) is 4.24. The second-order valence-corrected chi connectivity index (χ2v) is 8.41. The van der Waals surface area contributed by atoms with Crippen molar-refractivity contribution in [2.45, 2.75) is 57.7 Å².